The van der Waals surface area contributed by atoms with E-state index in [0.29, 0.717) is 29.6 Å². The summed E-state index contributed by atoms with van der Waals surface area (Å²) in [4.78, 5) is 21.0. The Hall–Kier alpha value is -2.12. The van der Waals surface area contributed by atoms with Crippen LogP contribution in [0.2, 0.25) is 5.02 Å². The van der Waals surface area contributed by atoms with E-state index in [1.165, 1.54) is 0 Å². The van der Waals surface area contributed by atoms with Crippen molar-refractivity contribution in [2.75, 3.05) is 33.3 Å². The third-order valence-electron chi connectivity index (χ3n) is 4.97. The van der Waals surface area contributed by atoms with Gasteiger partial charge in [-0.3, -0.25) is 9.69 Å². The second-order valence-corrected chi connectivity index (χ2v) is 7.36. The molecule has 0 N–H and O–H groups in total. The summed E-state index contributed by atoms with van der Waals surface area (Å²) in [5.74, 6) is 2.36. The minimum Gasteiger partial charge on any atom is -0.496 e. The quantitative estimate of drug-likeness (QED) is 0.671. The SMILES string of the molecule is CCc1noc(CCCC(=O)N2CCN(Cc3cc(Cl)ccc3OC)CC2)n1. The number of methoxy groups -OCH3 is 1. The van der Waals surface area contributed by atoms with Crippen LogP contribution in [0.15, 0.2) is 22.7 Å². The largest absolute Gasteiger partial charge is 0.496 e. The fourth-order valence-electron chi connectivity index (χ4n) is 3.35. The molecule has 1 aliphatic heterocycles. The summed E-state index contributed by atoms with van der Waals surface area (Å²) in [6.45, 7) is 5.91. The highest BCUT2D eigenvalue weighted by atomic mass is 35.5. The molecular weight excluding hydrogens is 380 g/mol. The topological polar surface area (TPSA) is 71.7 Å². The fraction of sp³-hybridized carbons (Fsp3) is 0.550. The molecule has 3 rings (SSSR count). The lowest BCUT2D eigenvalue weighted by atomic mass is 10.1. The van der Waals surface area contributed by atoms with Gasteiger partial charge in [0.15, 0.2) is 5.82 Å². The Labute approximate surface area is 170 Å². The number of rotatable bonds is 8. The number of carbonyl (C=O) groups is 1. The van der Waals surface area contributed by atoms with Crippen LogP contribution in [0.3, 0.4) is 0 Å². The molecule has 8 heteroatoms. The molecule has 0 atom stereocenters. The number of halogens is 1. The maximum absolute atomic E-state index is 12.5. The van der Waals surface area contributed by atoms with Crippen LogP contribution in [0.25, 0.3) is 0 Å². The molecule has 2 aromatic rings. The highest BCUT2D eigenvalue weighted by molar-refractivity contribution is 6.30. The van der Waals surface area contributed by atoms with Crippen LogP contribution in [0.1, 0.15) is 37.0 Å². The van der Waals surface area contributed by atoms with E-state index < -0.39 is 0 Å². The van der Waals surface area contributed by atoms with Gasteiger partial charge in [-0.2, -0.15) is 4.98 Å². The number of aryl methyl sites for hydroxylation is 2. The van der Waals surface area contributed by atoms with Gasteiger partial charge in [-0.05, 0) is 24.6 Å². The van der Waals surface area contributed by atoms with Crippen molar-refractivity contribution < 1.29 is 14.1 Å². The Kier molecular flexibility index (Phi) is 7.28. The van der Waals surface area contributed by atoms with E-state index in [1.54, 1.807) is 7.11 Å². The Bertz CT molecular complexity index is 788. The first-order valence-electron chi connectivity index (χ1n) is 9.73. The van der Waals surface area contributed by atoms with Crippen LogP contribution in [-0.4, -0.2) is 59.1 Å². The van der Waals surface area contributed by atoms with Gasteiger partial charge in [0, 0.05) is 62.6 Å². The maximum Gasteiger partial charge on any atom is 0.226 e. The van der Waals surface area contributed by atoms with Crippen molar-refractivity contribution in [3.63, 3.8) is 0 Å². The molecule has 1 amide bonds. The van der Waals surface area contributed by atoms with Crippen molar-refractivity contribution in [2.24, 2.45) is 0 Å². The van der Waals surface area contributed by atoms with Crippen LogP contribution in [-0.2, 0) is 24.2 Å². The predicted molar refractivity (Wildman–Crippen MR) is 106 cm³/mol. The van der Waals surface area contributed by atoms with Crippen molar-refractivity contribution in [1.82, 2.24) is 19.9 Å². The van der Waals surface area contributed by atoms with Crippen LogP contribution in [0.5, 0.6) is 5.75 Å². The second-order valence-electron chi connectivity index (χ2n) is 6.92. The molecule has 152 valence electrons. The highest BCUT2D eigenvalue weighted by Gasteiger charge is 2.22. The Morgan fingerprint density at radius 3 is 2.75 bits per heavy atom. The van der Waals surface area contributed by atoms with E-state index in [2.05, 4.69) is 15.0 Å². The number of benzene rings is 1. The summed E-state index contributed by atoms with van der Waals surface area (Å²) < 4.78 is 10.6. The van der Waals surface area contributed by atoms with Crippen molar-refractivity contribution in [2.45, 2.75) is 39.2 Å². The first-order valence-corrected chi connectivity index (χ1v) is 10.1. The first kappa shape index (κ1) is 20.6. The summed E-state index contributed by atoms with van der Waals surface area (Å²) in [6.07, 6.45) is 2.64. The van der Waals surface area contributed by atoms with E-state index in [4.69, 9.17) is 20.9 Å². The minimum atomic E-state index is 0.190. The average molecular weight is 407 g/mol. The van der Waals surface area contributed by atoms with Crippen LogP contribution in [0.4, 0.5) is 0 Å². The van der Waals surface area contributed by atoms with Crippen molar-refractivity contribution in [3.05, 3.63) is 40.5 Å². The molecule has 28 heavy (non-hydrogen) atoms. The maximum atomic E-state index is 12.5. The molecule has 1 aromatic heterocycles. The summed E-state index contributed by atoms with van der Waals surface area (Å²) >= 11 is 6.12. The summed E-state index contributed by atoms with van der Waals surface area (Å²) in [5, 5.41) is 4.58. The molecule has 0 unspecified atom stereocenters. The molecule has 0 aliphatic carbocycles. The molecule has 1 aromatic carbocycles. The lowest BCUT2D eigenvalue weighted by Gasteiger charge is -2.35. The van der Waals surface area contributed by atoms with Gasteiger partial charge in [-0.1, -0.05) is 23.7 Å². The van der Waals surface area contributed by atoms with Crippen LogP contribution >= 0.6 is 11.6 Å². The lowest BCUT2D eigenvalue weighted by Crippen LogP contribution is -2.48. The molecule has 7 nitrogen and oxygen atoms in total. The van der Waals surface area contributed by atoms with Crippen LogP contribution in [0, 0.1) is 0 Å². The number of amides is 1. The predicted octanol–water partition coefficient (Wildman–Crippen LogP) is 2.96. The Balaban J connectivity index is 1.42. The number of nitrogens with zero attached hydrogens (tertiary/aromatic N) is 4. The van der Waals surface area contributed by atoms with Gasteiger partial charge < -0.3 is 14.2 Å². The number of hydrogen-bond acceptors (Lipinski definition) is 6. The number of aromatic nitrogens is 2. The second kappa shape index (κ2) is 9.89. The van der Waals surface area contributed by atoms with Gasteiger partial charge in [-0.25, -0.2) is 0 Å². The lowest BCUT2D eigenvalue weighted by molar-refractivity contribution is -0.133. The fourth-order valence-corrected chi connectivity index (χ4v) is 3.55. The van der Waals surface area contributed by atoms with Gasteiger partial charge >= 0.3 is 0 Å². The Morgan fingerprint density at radius 1 is 1.29 bits per heavy atom. The monoisotopic (exact) mass is 406 g/mol. The zero-order chi connectivity index (χ0) is 19.9. The molecule has 1 fully saturated rings. The van der Waals surface area contributed by atoms with E-state index in [0.717, 1.165) is 56.9 Å². The zero-order valence-electron chi connectivity index (χ0n) is 16.5. The molecule has 0 spiro atoms. The van der Waals surface area contributed by atoms with E-state index in [-0.39, 0.29) is 5.91 Å². The van der Waals surface area contributed by atoms with E-state index >= 15 is 0 Å². The molecule has 1 saturated heterocycles. The van der Waals surface area contributed by atoms with Crippen molar-refractivity contribution in [1.29, 1.82) is 0 Å². The minimum absolute atomic E-state index is 0.190. The van der Waals surface area contributed by atoms with Gasteiger partial charge in [-0.15, -0.1) is 0 Å². The van der Waals surface area contributed by atoms with Gasteiger partial charge in [0.2, 0.25) is 11.8 Å². The molecular formula is C20H27ClN4O3. The number of hydrogen-bond donors (Lipinski definition) is 0. The molecule has 1 aliphatic rings. The van der Waals surface area contributed by atoms with Gasteiger partial charge in [0.25, 0.3) is 0 Å². The highest BCUT2D eigenvalue weighted by Crippen LogP contribution is 2.24. The molecule has 0 radical (unpaired) electrons. The normalized spacial score (nSPS) is 15.0. The summed E-state index contributed by atoms with van der Waals surface area (Å²) in [6, 6.07) is 5.67. The van der Waals surface area contributed by atoms with E-state index in [1.807, 2.05) is 30.0 Å². The molecule has 0 saturated carbocycles. The smallest absolute Gasteiger partial charge is 0.226 e. The molecule has 2 heterocycles. The summed E-state index contributed by atoms with van der Waals surface area (Å²) in [5.41, 5.74) is 1.07. The Morgan fingerprint density at radius 2 is 2.07 bits per heavy atom. The average Bonchev–Trinajstić information content (AvgIpc) is 3.17. The molecule has 0 bridgehead atoms. The van der Waals surface area contributed by atoms with Crippen LogP contribution < -0.4 is 4.74 Å². The zero-order valence-corrected chi connectivity index (χ0v) is 17.2. The standard InChI is InChI=1S/C20H27ClN4O3/c1-3-18-22-19(28-23-18)5-4-6-20(26)25-11-9-24(10-12-25)14-15-13-16(21)7-8-17(15)27-2/h7-8,13H,3-6,9-12,14H2,1-2H3. The first-order chi connectivity index (χ1) is 13.6. The summed E-state index contributed by atoms with van der Waals surface area (Å²) in [7, 11) is 1.67. The van der Waals surface area contributed by atoms with Gasteiger partial charge in [0.1, 0.15) is 5.75 Å². The van der Waals surface area contributed by atoms with Gasteiger partial charge in [0.05, 0.1) is 7.11 Å². The third kappa shape index (κ3) is 5.45. The van der Waals surface area contributed by atoms with Crippen molar-refractivity contribution >= 4 is 17.5 Å². The number of ether oxygens (including phenoxy) is 1. The van der Waals surface area contributed by atoms with E-state index in [9.17, 15) is 4.79 Å². The number of carbonyl (C=O) groups excluding carboxylic acids is 1. The van der Waals surface area contributed by atoms with Crippen molar-refractivity contribution in [3.8, 4) is 5.75 Å². The third-order valence-corrected chi connectivity index (χ3v) is 5.20. The number of piperazine rings is 1.